The van der Waals surface area contributed by atoms with Crippen LogP contribution < -0.4 is 10.5 Å². The Labute approximate surface area is 95.7 Å². The summed E-state index contributed by atoms with van der Waals surface area (Å²) in [4.78, 5) is 0.149. The zero-order valence-corrected chi connectivity index (χ0v) is 10.3. The van der Waals surface area contributed by atoms with E-state index in [-0.39, 0.29) is 10.3 Å². The molecule has 1 aromatic heterocycles. The van der Waals surface area contributed by atoms with Gasteiger partial charge in [0.05, 0.1) is 6.20 Å². The molecule has 0 aliphatic heterocycles. The number of aromatic amines is 1. The molecule has 0 aliphatic rings. The molecule has 16 heavy (non-hydrogen) atoms. The molecule has 0 fully saturated rings. The van der Waals surface area contributed by atoms with Gasteiger partial charge in [0.1, 0.15) is 4.90 Å². The molecule has 0 unspecified atom stereocenters. The van der Waals surface area contributed by atoms with Crippen LogP contribution in [-0.4, -0.2) is 31.7 Å². The minimum Gasteiger partial charge on any atom is -0.330 e. The fourth-order valence-electron chi connectivity index (χ4n) is 1.24. The van der Waals surface area contributed by atoms with Gasteiger partial charge < -0.3 is 5.73 Å². The highest BCUT2D eigenvalue weighted by atomic mass is 32.2. The summed E-state index contributed by atoms with van der Waals surface area (Å²) in [7, 11) is -3.45. The molecule has 92 valence electrons. The van der Waals surface area contributed by atoms with Crippen LogP contribution in [0.3, 0.4) is 0 Å². The van der Waals surface area contributed by atoms with Gasteiger partial charge in [0.2, 0.25) is 10.0 Å². The predicted octanol–water partition coefficient (Wildman–Crippen LogP) is 0.0630. The molecule has 0 saturated carbocycles. The Kier molecular flexibility index (Phi) is 4.06. The maximum absolute atomic E-state index is 11.7. The first-order chi connectivity index (χ1) is 7.37. The number of nitrogens with zero attached hydrogens (tertiary/aromatic N) is 1. The third kappa shape index (κ3) is 3.58. The Balaban J connectivity index is 2.62. The second-order valence-electron chi connectivity index (χ2n) is 4.46. The van der Waals surface area contributed by atoms with Gasteiger partial charge in [0.15, 0.2) is 0 Å². The minimum absolute atomic E-state index is 0.147. The maximum Gasteiger partial charge on any atom is 0.243 e. The molecule has 1 aromatic rings. The van der Waals surface area contributed by atoms with Crippen molar-refractivity contribution in [2.75, 3.05) is 13.1 Å². The number of nitrogens with one attached hydrogen (secondary N) is 2. The number of aromatic nitrogens is 2. The van der Waals surface area contributed by atoms with E-state index < -0.39 is 10.0 Å². The lowest BCUT2D eigenvalue weighted by Crippen LogP contribution is -2.35. The normalized spacial score (nSPS) is 12.9. The quantitative estimate of drug-likeness (QED) is 0.660. The SMILES string of the molecule is CC(C)(CCN)CNS(=O)(=O)c1cn[nH]c1. The van der Waals surface area contributed by atoms with Gasteiger partial charge >= 0.3 is 0 Å². The summed E-state index contributed by atoms with van der Waals surface area (Å²) in [5, 5.41) is 6.07. The molecular weight excluding hydrogens is 228 g/mol. The summed E-state index contributed by atoms with van der Waals surface area (Å²) in [6.45, 7) is 4.84. The van der Waals surface area contributed by atoms with Crippen LogP contribution in [0.15, 0.2) is 17.3 Å². The van der Waals surface area contributed by atoms with Gasteiger partial charge in [-0.15, -0.1) is 0 Å². The minimum atomic E-state index is -3.45. The number of sulfonamides is 1. The summed E-state index contributed by atoms with van der Waals surface area (Å²) in [6.07, 6.45) is 3.39. The van der Waals surface area contributed by atoms with Gasteiger partial charge in [-0.1, -0.05) is 13.8 Å². The van der Waals surface area contributed by atoms with Crippen molar-refractivity contribution in [2.45, 2.75) is 25.2 Å². The summed E-state index contributed by atoms with van der Waals surface area (Å²) in [6, 6.07) is 0. The Morgan fingerprint density at radius 1 is 1.56 bits per heavy atom. The lowest BCUT2D eigenvalue weighted by Gasteiger charge is -2.23. The van der Waals surface area contributed by atoms with Crippen LogP contribution in [-0.2, 0) is 10.0 Å². The highest BCUT2D eigenvalue weighted by molar-refractivity contribution is 7.89. The molecule has 7 heteroatoms. The van der Waals surface area contributed by atoms with Gasteiger partial charge in [-0.25, -0.2) is 13.1 Å². The van der Waals surface area contributed by atoms with Crippen LogP contribution in [0.25, 0.3) is 0 Å². The fraction of sp³-hybridized carbons (Fsp3) is 0.667. The van der Waals surface area contributed by atoms with E-state index in [0.717, 1.165) is 6.42 Å². The Hall–Kier alpha value is -0.920. The third-order valence-electron chi connectivity index (χ3n) is 2.35. The molecule has 1 heterocycles. The Bertz CT molecular complexity index is 411. The van der Waals surface area contributed by atoms with E-state index >= 15 is 0 Å². The summed E-state index contributed by atoms with van der Waals surface area (Å²) in [5.41, 5.74) is 5.31. The van der Waals surface area contributed by atoms with Crippen molar-refractivity contribution in [3.63, 3.8) is 0 Å². The molecule has 0 saturated heterocycles. The Morgan fingerprint density at radius 2 is 2.25 bits per heavy atom. The first kappa shape index (κ1) is 13.1. The average Bonchev–Trinajstić information content (AvgIpc) is 2.68. The molecule has 0 amide bonds. The molecule has 4 N–H and O–H groups in total. The zero-order chi connectivity index (χ0) is 12.2. The molecule has 0 aromatic carbocycles. The van der Waals surface area contributed by atoms with E-state index in [9.17, 15) is 8.42 Å². The van der Waals surface area contributed by atoms with E-state index in [4.69, 9.17) is 5.73 Å². The van der Waals surface area contributed by atoms with Crippen LogP contribution in [0.4, 0.5) is 0 Å². The number of nitrogens with two attached hydrogens (primary N) is 1. The van der Waals surface area contributed by atoms with Crippen molar-refractivity contribution in [1.82, 2.24) is 14.9 Å². The third-order valence-corrected chi connectivity index (χ3v) is 3.71. The molecule has 1 rings (SSSR count). The molecule has 0 bridgehead atoms. The zero-order valence-electron chi connectivity index (χ0n) is 9.53. The molecule has 0 aliphatic carbocycles. The first-order valence-electron chi connectivity index (χ1n) is 5.06. The van der Waals surface area contributed by atoms with E-state index in [1.165, 1.54) is 12.4 Å². The number of hydrogen-bond donors (Lipinski definition) is 3. The van der Waals surface area contributed by atoms with Crippen molar-refractivity contribution in [1.29, 1.82) is 0 Å². The van der Waals surface area contributed by atoms with Crippen LogP contribution in [0, 0.1) is 5.41 Å². The maximum atomic E-state index is 11.7. The number of H-pyrrole nitrogens is 1. The summed E-state index contributed by atoms with van der Waals surface area (Å²) >= 11 is 0. The molecule has 0 atom stereocenters. The standard InChI is InChI=1S/C9H18N4O2S/c1-9(2,3-4-10)7-13-16(14,15)8-5-11-12-6-8/h5-6,13H,3-4,7,10H2,1-2H3,(H,11,12). The van der Waals surface area contributed by atoms with E-state index in [2.05, 4.69) is 14.9 Å². The van der Waals surface area contributed by atoms with Crippen molar-refractivity contribution in [3.05, 3.63) is 12.4 Å². The van der Waals surface area contributed by atoms with Crippen molar-refractivity contribution >= 4 is 10.0 Å². The largest absolute Gasteiger partial charge is 0.330 e. The highest BCUT2D eigenvalue weighted by Crippen LogP contribution is 2.18. The van der Waals surface area contributed by atoms with Crippen LogP contribution in [0.1, 0.15) is 20.3 Å². The monoisotopic (exact) mass is 246 g/mol. The summed E-state index contributed by atoms with van der Waals surface area (Å²) in [5.74, 6) is 0. The van der Waals surface area contributed by atoms with Gasteiger partial charge in [-0.2, -0.15) is 5.10 Å². The van der Waals surface area contributed by atoms with Crippen LogP contribution in [0.2, 0.25) is 0 Å². The summed E-state index contributed by atoms with van der Waals surface area (Å²) < 4.78 is 26.0. The first-order valence-corrected chi connectivity index (χ1v) is 6.54. The van der Waals surface area contributed by atoms with Crippen LogP contribution in [0.5, 0.6) is 0 Å². The smallest absolute Gasteiger partial charge is 0.243 e. The van der Waals surface area contributed by atoms with Gasteiger partial charge in [0, 0.05) is 12.7 Å². The Morgan fingerprint density at radius 3 is 2.75 bits per heavy atom. The second-order valence-corrected chi connectivity index (χ2v) is 6.23. The van der Waals surface area contributed by atoms with Gasteiger partial charge in [-0.05, 0) is 18.4 Å². The lowest BCUT2D eigenvalue weighted by molar-refractivity contribution is 0.340. The average molecular weight is 246 g/mol. The van der Waals surface area contributed by atoms with Gasteiger partial charge in [-0.3, -0.25) is 5.10 Å². The number of rotatable bonds is 6. The van der Waals surface area contributed by atoms with E-state index in [1.54, 1.807) is 0 Å². The fourth-order valence-corrected chi connectivity index (χ4v) is 2.39. The molecule has 0 radical (unpaired) electrons. The van der Waals surface area contributed by atoms with Crippen molar-refractivity contribution in [3.8, 4) is 0 Å². The molecular formula is C9H18N4O2S. The van der Waals surface area contributed by atoms with E-state index in [1.807, 2.05) is 13.8 Å². The van der Waals surface area contributed by atoms with Crippen molar-refractivity contribution in [2.24, 2.45) is 11.1 Å². The lowest BCUT2D eigenvalue weighted by atomic mass is 9.90. The molecule has 0 spiro atoms. The molecule has 6 nitrogen and oxygen atoms in total. The van der Waals surface area contributed by atoms with Crippen molar-refractivity contribution < 1.29 is 8.42 Å². The number of hydrogen-bond acceptors (Lipinski definition) is 4. The van der Waals surface area contributed by atoms with Crippen LogP contribution >= 0.6 is 0 Å². The topological polar surface area (TPSA) is 101 Å². The van der Waals surface area contributed by atoms with Gasteiger partial charge in [0.25, 0.3) is 0 Å². The van der Waals surface area contributed by atoms with E-state index in [0.29, 0.717) is 13.1 Å². The second kappa shape index (κ2) is 4.94. The predicted molar refractivity (Wildman–Crippen MR) is 61.2 cm³/mol. The highest BCUT2D eigenvalue weighted by Gasteiger charge is 2.22.